The molecule has 110 valence electrons. The lowest BCUT2D eigenvalue weighted by molar-refractivity contribution is -0.139. The lowest BCUT2D eigenvalue weighted by Gasteiger charge is -2.33. The number of morpholine rings is 1. The van der Waals surface area contributed by atoms with Crippen molar-refractivity contribution >= 4 is 23.4 Å². The molecule has 2 rings (SSSR count). The molecule has 1 unspecified atom stereocenters. The number of ether oxygens (including phenoxy) is 1. The Kier molecular flexibility index (Phi) is 4.61. The summed E-state index contributed by atoms with van der Waals surface area (Å²) in [6.07, 6.45) is 0.237. The molecule has 1 aliphatic rings. The van der Waals surface area contributed by atoms with Crippen LogP contribution in [0.25, 0.3) is 0 Å². The topological polar surface area (TPSA) is 90.4 Å². The van der Waals surface area contributed by atoms with E-state index in [2.05, 4.69) is 5.10 Å². The molecule has 20 heavy (non-hydrogen) atoms. The normalized spacial score (nSPS) is 19.1. The van der Waals surface area contributed by atoms with Crippen molar-refractivity contribution in [1.29, 1.82) is 0 Å². The Morgan fingerprint density at radius 1 is 1.60 bits per heavy atom. The predicted molar refractivity (Wildman–Crippen MR) is 72.4 cm³/mol. The molecule has 1 saturated heterocycles. The summed E-state index contributed by atoms with van der Waals surface area (Å²) in [6, 6.07) is 1.42. The fourth-order valence-electron chi connectivity index (χ4n) is 2.20. The molecule has 0 saturated carbocycles. The van der Waals surface area contributed by atoms with Crippen LogP contribution in [0.5, 0.6) is 0 Å². The van der Waals surface area contributed by atoms with E-state index in [1.54, 1.807) is 4.90 Å². The van der Waals surface area contributed by atoms with Gasteiger partial charge in [-0.2, -0.15) is 5.10 Å². The number of nitrogens with zero attached hydrogens (tertiary/aromatic N) is 3. The van der Waals surface area contributed by atoms with Crippen molar-refractivity contribution in [3.8, 4) is 0 Å². The van der Waals surface area contributed by atoms with Crippen LogP contribution in [-0.2, 0) is 16.1 Å². The number of primary amides is 1. The molecule has 1 aromatic heterocycles. The first kappa shape index (κ1) is 14.8. The third-order valence-electron chi connectivity index (χ3n) is 3.17. The second-order valence-corrected chi connectivity index (χ2v) is 4.97. The summed E-state index contributed by atoms with van der Waals surface area (Å²) in [4.78, 5) is 24.7. The maximum atomic E-state index is 11.7. The van der Waals surface area contributed by atoms with Crippen LogP contribution in [-0.4, -0.2) is 52.3 Å². The number of carbonyl (C=O) groups excluding carboxylic acids is 2. The Balaban J connectivity index is 2.06. The molecular weight excluding hydrogens is 284 g/mol. The van der Waals surface area contributed by atoms with Gasteiger partial charge in [0.2, 0.25) is 5.91 Å². The number of rotatable bonds is 4. The molecule has 1 fully saturated rings. The molecule has 2 heterocycles. The molecule has 2 amide bonds. The molecule has 2 N–H and O–H groups in total. The van der Waals surface area contributed by atoms with Crippen molar-refractivity contribution in [2.45, 2.75) is 26.0 Å². The number of carbonyl (C=O) groups is 2. The summed E-state index contributed by atoms with van der Waals surface area (Å²) < 4.78 is 7.03. The van der Waals surface area contributed by atoms with Crippen LogP contribution < -0.4 is 5.73 Å². The minimum absolute atomic E-state index is 0.0897. The van der Waals surface area contributed by atoms with Gasteiger partial charge in [-0.15, -0.1) is 0 Å². The minimum Gasteiger partial charge on any atom is -0.373 e. The SMILES string of the molecule is CCC(=O)N1CCOC(Cn2nc(Cl)cc2C(N)=O)C1. The first-order valence-corrected chi connectivity index (χ1v) is 6.81. The average molecular weight is 301 g/mol. The van der Waals surface area contributed by atoms with E-state index in [1.807, 2.05) is 6.92 Å². The smallest absolute Gasteiger partial charge is 0.267 e. The third-order valence-corrected chi connectivity index (χ3v) is 3.36. The molecule has 0 aliphatic carbocycles. The van der Waals surface area contributed by atoms with E-state index >= 15 is 0 Å². The van der Waals surface area contributed by atoms with E-state index < -0.39 is 5.91 Å². The zero-order valence-electron chi connectivity index (χ0n) is 11.2. The van der Waals surface area contributed by atoms with Crippen LogP contribution in [0.2, 0.25) is 5.15 Å². The van der Waals surface area contributed by atoms with Gasteiger partial charge in [0.05, 0.1) is 19.3 Å². The van der Waals surface area contributed by atoms with Crippen LogP contribution in [0.4, 0.5) is 0 Å². The maximum absolute atomic E-state index is 11.7. The Labute approximate surface area is 121 Å². The van der Waals surface area contributed by atoms with Gasteiger partial charge < -0.3 is 15.4 Å². The highest BCUT2D eigenvalue weighted by Crippen LogP contribution is 2.13. The second-order valence-electron chi connectivity index (χ2n) is 4.58. The molecule has 0 aromatic carbocycles. The largest absolute Gasteiger partial charge is 0.373 e. The monoisotopic (exact) mass is 300 g/mol. The highest BCUT2D eigenvalue weighted by Gasteiger charge is 2.25. The Hall–Kier alpha value is -1.60. The number of hydrogen-bond acceptors (Lipinski definition) is 4. The molecule has 7 nitrogen and oxygen atoms in total. The van der Waals surface area contributed by atoms with Crippen molar-refractivity contribution in [2.75, 3.05) is 19.7 Å². The van der Waals surface area contributed by atoms with Gasteiger partial charge in [-0.25, -0.2) is 0 Å². The summed E-state index contributed by atoms with van der Waals surface area (Å²) in [6.45, 7) is 3.69. The van der Waals surface area contributed by atoms with Crippen LogP contribution in [0, 0.1) is 0 Å². The standard InChI is InChI=1S/C12H17ClN4O3/c1-2-11(18)16-3-4-20-8(6-16)7-17-9(12(14)19)5-10(13)15-17/h5,8H,2-4,6-7H2,1H3,(H2,14,19). The van der Waals surface area contributed by atoms with Gasteiger partial charge in [-0.05, 0) is 0 Å². The average Bonchev–Trinajstić information content (AvgIpc) is 2.79. The fourth-order valence-corrected chi connectivity index (χ4v) is 2.39. The summed E-state index contributed by atoms with van der Waals surface area (Å²) in [5.41, 5.74) is 5.50. The van der Waals surface area contributed by atoms with Crippen molar-refractivity contribution in [3.05, 3.63) is 16.9 Å². The van der Waals surface area contributed by atoms with Crippen LogP contribution in [0.1, 0.15) is 23.8 Å². The summed E-state index contributed by atoms with van der Waals surface area (Å²) >= 11 is 5.78. The van der Waals surface area contributed by atoms with Crippen molar-refractivity contribution in [3.63, 3.8) is 0 Å². The van der Waals surface area contributed by atoms with E-state index in [0.717, 1.165) is 0 Å². The van der Waals surface area contributed by atoms with Crippen LogP contribution in [0.3, 0.4) is 0 Å². The van der Waals surface area contributed by atoms with Gasteiger partial charge in [0.1, 0.15) is 5.69 Å². The Morgan fingerprint density at radius 2 is 2.35 bits per heavy atom. The number of aromatic nitrogens is 2. The van der Waals surface area contributed by atoms with Gasteiger partial charge in [-0.1, -0.05) is 18.5 Å². The zero-order valence-corrected chi connectivity index (χ0v) is 12.0. The second kappa shape index (κ2) is 6.23. The molecule has 8 heteroatoms. The van der Waals surface area contributed by atoms with Gasteiger partial charge >= 0.3 is 0 Å². The molecule has 1 aromatic rings. The lowest BCUT2D eigenvalue weighted by Crippen LogP contribution is -2.47. The van der Waals surface area contributed by atoms with E-state index in [4.69, 9.17) is 22.1 Å². The molecule has 1 aliphatic heterocycles. The highest BCUT2D eigenvalue weighted by molar-refractivity contribution is 6.29. The first-order valence-electron chi connectivity index (χ1n) is 6.43. The molecule has 1 atom stereocenters. The van der Waals surface area contributed by atoms with E-state index in [0.29, 0.717) is 32.7 Å². The molecular formula is C12H17ClN4O3. The Morgan fingerprint density at radius 3 is 3.00 bits per heavy atom. The van der Waals surface area contributed by atoms with Gasteiger partial charge in [0.15, 0.2) is 5.15 Å². The van der Waals surface area contributed by atoms with E-state index in [-0.39, 0.29) is 22.9 Å². The van der Waals surface area contributed by atoms with E-state index in [1.165, 1.54) is 10.7 Å². The third kappa shape index (κ3) is 3.29. The van der Waals surface area contributed by atoms with E-state index in [9.17, 15) is 9.59 Å². The fraction of sp³-hybridized carbons (Fsp3) is 0.583. The van der Waals surface area contributed by atoms with Crippen molar-refractivity contribution in [2.24, 2.45) is 5.73 Å². The predicted octanol–water partition coefficient (Wildman–Crippen LogP) is 0.273. The van der Waals surface area contributed by atoms with Gasteiger partial charge in [0, 0.05) is 25.6 Å². The maximum Gasteiger partial charge on any atom is 0.267 e. The van der Waals surface area contributed by atoms with Crippen molar-refractivity contribution in [1.82, 2.24) is 14.7 Å². The number of hydrogen-bond donors (Lipinski definition) is 1. The molecule has 0 radical (unpaired) electrons. The number of amides is 2. The molecule has 0 spiro atoms. The van der Waals surface area contributed by atoms with Gasteiger partial charge in [-0.3, -0.25) is 14.3 Å². The lowest BCUT2D eigenvalue weighted by atomic mass is 10.2. The molecule has 0 bridgehead atoms. The number of halogens is 1. The summed E-state index contributed by atoms with van der Waals surface area (Å²) in [5, 5.41) is 4.22. The zero-order chi connectivity index (χ0) is 14.7. The summed E-state index contributed by atoms with van der Waals surface area (Å²) in [5.74, 6) is -0.506. The highest BCUT2D eigenvalue weighted by atomic mass is 35.5. The quantitative estimate of drug-likeness (QED) is 0.864. The Bertz CT molecular complexity index is 517. The summed E-state index contributed by atoms with van der Waals surface area (Å²) in [7, 11) is 0. The van der Waals surface area contributed by atoms with Crippen LogP contribution in [0.15, 0.2) is 6.07 Å². The van der Waals surface area contributed by atoms with Crippen LogP contribution >= 0.6 is 11.6 Å². The minimum atomic E-state index is -0.596. The number of nitrogens with two attached hydrogens (primary N) is 1. The van der Waals surface area contributed by atoms with Gasteiger partial charge in [0.25, 0.3) is 5.91 Å². The first-order chi connectivity index (χ1) is 9.51. The van der Waals surface area contributed by atoms with Crippen molar-refractivity contribution < 1.29 is 14.3 Å².